The van der Waals surface area contributed by atoms with Gasteiger partial charge < -0.3 is 0 Å². The van der Waals surface area contributed by atoms with Gasteiger partial charge in [-0.3, -0.25) is 14.6 Å². The first-order valence-corrected chi connectivity index (χ1v) is 9.44. The molecule has 1 N–H and O–H groups in total. The summed E-state index contributed by atoms with van der Waals surface area (Å²) in [6, 6.07) is 4.07. The summed E-state index contributed by atoms with van der Waals surface area (Å²) in [6.45, 7) is 1.88. The molecule has 0 spiro atoms. The SMILES string of the molecule is CC1=Nc2c(c(=O)[nH]n2C2CCCCC2)C(c2ccc(F)c(F)c2)S1. The van der Waals surface area contributed by atoms with Crippen molar-refractivity contribution in [2.24, 2.45) is 4.99 Å². The maximum absolute atomic E-state index is 13.7. The summed E-state index contributed by atoms with van der Waals surface area (Å²) >= 11 is 1.40. The molecule has 1 atom stereocenters. The fraction of sp³-hybridized carbons (Fsp3) is 0.444. The molecule has 4 rings (SSSR count). The summed E-state index contributed by atoms with van der Waals surface area (Å²) in [5.74, 6) is -1.14. The lowest BCUT2D eigenvalue weighted by Gasteiger charge is -2.26. The van der Waals surface area contributed by atoms with Crippen LogP contribution in [0.3, 0.4) is 0 Å². The van der Waals surface area contributed by atoms with Gasteiger partial charge in [0.25, 0.3) is 5.56 Å². The lowest BCUT2D eigenvalue weighted by atomic mass is 9.95. The summed E-state index contributed by atoms with van der Waals surface area (Å²) in [5.41, 5.74) is 0.914. The highest BCUT2D eigenvalue weighted by Gasteiger charge is 2.32. The number of nitrogens with zero attached hydrogens (tertiary/aromatic N) is 2. The Labute approximate surface area is 148 Å². The molecule has 25 heavy (non-hydrogen) atoms. The second-order valence-electron chi connectivity index (χ2n) is 6.64. The Bertz CT molecular complexity index is 896. The molecular formula is C18H19F2N3OS. The normalized spacial score (nSPS) is 21.1. The van der Waals surface area contributed by atoms with Crippen LogP contribution in [0.5, 0.6) is 0 Å². The number of aliphatic imine (C=N–C) groups is 1. The van der Waals surface area contributed by atoms with Crippen molar-refractivity contribution in [3.8, 4) is 0 Å². The Hall–Kier alpha value is -1.89. The number of aromatic nitrogens is 2. The van der Waals surface area contributed by atoms with E-state index >= 15 is 0 Å². The van der Waals surface area contributed by atoms with E-state index in [1.165, 1.54) is 30.3 Å². The summed E-state index contributed by atoms with van der Waals surface area (Å²) in [7, 11) is 0. The van der Waals surface area contributed by atoms with Crippen LogP contribution in [-0.2, 0) is 0 Å². The maximum Gasteiger partial charge on any atom is 0.271 e. The quantitative estimate of drug-likeness (QED) is 0.829. The van der Waals surface area contributed by atoms with E-state index in [1.807, 2.05) is 11.6 Å². The van der Waals surface area contributed by atoms with Gasteiger partial charge in [0.15, 0.2) is 17.5 Å². The van der Waals surface area contributed by atoms with Crippen molar-refractivity contribution in [3.63, 3.8) is 0 Å². The van der Waals surface area contributed by atoms with Gasteiger partial charge in [0, 0.05) is 0 Å². The first-order chi connectivity index (χ1) is 12.0. The third-order valence-corrected chi connectivity index (χ3v) is 6.11. The van der Waals surface area contributed by atoms with Crippen molar-refractivity contribution in [2.75, 3.05) is 0 Å². The molecule has 0 saturated heterocycles. The standard InChI is InChI=1S/C18H19F2N3OS/c1-10-21-17-15(16(25-10)11-7-8-13(19)14(20)9-11)18(24)22-23(17)12-5-3-2-4-6-12/h7-9,12,16H,2-6H2,1H3,(H,22,24). The van der Waals surface area contributed by atoms with Crippen LogP contribution in [-0.4, -0.2) is 14.8 Å². The Kier molecular flexibility index (Phi) is 4.27. The van der Waals surface area contributed by atoms with Crippen LogP contribution in [0.1, 0.15) is 61.4 Å². The third-order valence-electron chi connectivity index (χ3n) is 4.94. The molecule has 132 valence electrons. The van der Waals surface area contributed by atoms with Crippen LogP contribution in [0.15, 0.2) is 28.0 Å². The van der Waals surface area contributed by atoms with Crippen LogP contribution < -0.4 is 5.56 Å². The first-order valence-electron chi connectivity index (χ1n) is 8.56. The highest BCUT2D eigenvalue weighted by molar-refractivity contribution is 8.14. The highest BCUT2D eigenvalue weighted by Crippen LogP contribution is 2.45. The van der Waals surface area contributed by atoms with Crippen molar-refractivity contribution >= 4 is 22.6 Å². The van der Waals surface area contributed by atoms with E-state index in [0.29, 0.717) is 16.9 Å². The molecule has 1 aromatic carbocycles. The highest BCUT2D eigenvalue weighted by atomic mass is 32.2. The number of hydrogen-bond acceptors (Lipinski definition) is 3. The maximum atomic E-state index is 13.7. The zero-order chi connectivity index (χ0) is 17.6. The predicted molar refractivity (Wildman–Crippen MR) is 95.7 cm³/mol. The van der Waals surface area contributed by atoms with Crippen molar-refractivity contribution in [3.05, 3.63) is 51.3 Å². The Balaban J connectivity index is 1.82. The van der Waals surface area contributed by atoms with Crippen molar-refractivity contribution in [1.82, 2.24) is 9.78 Å². The lowest BCUT2D eigenvalue weighted by molar-refractivity contribution is 0.331. The second-order valence-corrected chi connectivity index (χ2v) is 7.94. The molecule has 1 aromatic heterocycles. The van der Waals surface area contributed by atoms with E-state index in [0.717, 1.165) is 36.8 Å². The van der Waals surface area contributed by atoms with Gasteiger partial charge in [-0.1, -0.05) is 37.1 Å². The van der Waals surface area contributed by atoms with Gasteiger partial charge in [0.2, 0.25) is 0 Å². The minimum atomic E-state index is -0.900. The summed E-state index contributed by atoms with van der Waals surface area (Å²) in [4.78, 5) is 17.2. The van der Waals surface area contributed by atoms with Gasteiger partial charge in [-0.2, -0.15) is 0 Å². The van der Waals surface area contributed by atoms with Crippen LogP contribution in [0.4, 0.5) is 14.6 Å². The molecule has 2 heterocycles. The smallest absolute Gasteiger partial charge is 0.268 e. The number of thioether (sulfide) groups is 1. The van der Waals surface area contributed by atoms with E-state index < -0.39 is 11.6 Å². The van der Waals surface area contributed by atoms with E-state index in [-0.39, 0.29) is 16.9 Å². The summed E-state index contributed by atoms with van der Waals surface area (Å²) in [5, 5.41) is 3.38. The van der Waals surface area contributed by atoms with Crippen molar-refractivity contribution in [2.45, 2.75) is 50.3 Å². The Morgan fingerprint density at radius 2 is 1.96 bits per heavy atom. The molecule has 0 radical (unpaired) electrons. The predicted octanol–water partition coefficient (Wildman–Crippen LogP) is 4.85. The number of benzene rings is 1. The molecule has 7 heteroatoms. The lowest BCUT2D eigenvalue weighted by Crippen LogP contribution is -2.16. The molecule has 4 nitrogen and oxygen atoms in total. The van der Waals surface area contributed by atoms with Gasteiger partial charge in [0.05, 0.1) is 21.9 Å². The molecule has 1 fully saturated rings. The van der Waals surface area contributed by atoms with Crippen LogP contribution >= 0.6 is 11.8 Å². The minimum absolute atomic E-state index is 0.195. The number of halogens is 2. The third kappa shape index (κ3) is 2.94. The minimum Gasteiger partial charge on any atom is -0.268 e. The van der Waals surface area contributed by atoms with E-state index in [9.17, 15) is 13.6 Å². The zero-order valence-electron chi connectivity index (χ0n) is 13.9. The number of hydrogen-bond donors (Lipinski definition) is 1. The molecule has 1 aliphatic carbocycles. The topological polar surface area (TPSA) is 50.1 Å². The van der Waals surface area contributed by atoms with Gasteiger partial charge in [-0.05, 0) is 37.5 Å². The molecule has 2 aromatic rings. The largest absolute Gasteiger partial charge is 0.271 e. The molecular weight excluding hydrogens is 344 g/mol. The van der Waals surface area contributed by atoms with Crippen LogP contribution in [0, 0.1) is 11.6 Å². The second kappa shape index (κ2) is 6.44. The molecule has 1 aliphatic heterocycles. The molecule has 2 aliphatic rings. The molecule has 1 unspecified atom stereocenters. The number of nitrogens with one attached hydrogen (secondary N) is 1. The Morgan fingerprint density at radius 1 is 1.20 bits per heavy atom. The average Bonchev–Trinajstić information content (AvgIpc) is 2.94. The van der Waals surface area contributed by atoms with Crippen molar-refractivity contribution in [1.29, 1.82) is 0 Å². The van der Waals surface area contributed by atoms with Gasteiger partial charge in [-0.15, -0.1) is 0 Å². The average molecular weight is 363 g/mol. The van der Waals surface area contributed by atoms with Gasteiger partial charge in [0.1, 0.15) is 0 Å². The molecule has 0 bridgehead atoms. The molecule has 0 amide bonds. The van der Waals surface area contributed by atoms with Crippen LogP contribution in [0.25, 0.3) is 0 Å². The fourth-order valence-corrected chi connectivity index (χ4v) is 4.82. The van der Waals surface area contributed by atoms with Gasteiger partial charge in [-0.25, -0.2) is 13.8 Å². The number of fused-ring (bicyclic) bond motifs is 1. The molecule has 1 saturated carbocycles. The number of rotatable bonds is 2. The summed E-state index contributed by atoms with van der Waals surface area (Å²) < 4.78 is 28.9. The Morgan fingerprint density at radius 3 is 2.68 bits per heavy atom. The monoisotopic (exact) mass is 363 g/mol. The van der Waals surface area contributed by atoms with Crippen LogP contribution in [0.2, 0.25) is 0 Å². The fourth-order valence-electron chi connectivity index (χ4n) is 3.72. The number of aromatic amines is 1. The zero-order valence-corrected chi connectivity index (χ0v) is 14.7. The van der Waals surface area contributed by atoms with E-state index in [2.05, 4.69) is 10.1 Å². The first kappa shape index (κ1) is 16.6. The number of H-pyrrole nitrogens is 1. The van der Waals surface area contributed by atoms with Gasteiger partial charge >= 0.3 is 0 Å². The van der Waals surface area contributed by atoms with Crippen molar-refractivity contribution < 1.29 is 8.78 Å². The summed E-state index contributed by atoms with van der Waals surface area (Å²) in [6.07, 6.45) is 5.55. The van der Waals surface area contributed by atoms with E-state index in [4.69, 9.17) is 0 Å². The van der Waals surface area contributed by atoms with E-state index in [1.54, 1.807) is 0 Å².